The minimum atomic E-state index is -4.52. The van der Waals surface area contributed by atoms with Crippen molar-refractivity contribution in [2.24, 2.45) is 0 Å². The Balaban J connectivity index is 1.72. The summed E-state index contributed by atoms with van der Waals surface area (Å²) in [5.74, 6) is 0.345. The predicted octanol–water partition coefficient (Wildman–Crippen LogP) is 3.53. The highest BCUT2D eigenvalue weighted by molar-refractivity contribution is 5.78. The van der Waals surface area contributed by atoms with Crippen LogP contribution in [0.2, 0.25) is 0 Å². The summed E-state index contributed by atoms with van der Waals surface area (Å²) in [6, 6.07) is 3.95. The van der Waals surface area contributed by atoms with E-state index in [9.17, 15) is 18.3 Å². The lowest BCUT2D eigenvalue weighted by atomic mass is 9.99. The number of alkyl halides is 3. The summed E-state index contributed by atoms with van der Waals surface area (Å²) in [7, 11) is 4.09. The Kier molecular flexibility index (Phi) is 5.25. The van der Waals surface area contributed by atoms with Crippen molar-refractivity contribution in [3.8, 4) is 17.0 Å². The molecule has 0 amide bonds. The Morgan fingerprint density at radius 1 is 1.07 bits per heavy atom. The van der Waals surface area contributed by atoms with Gasteiger partial charge in [0, 0.05) is 38.3 Å². The van der Waals surface area contributed by atoms with Gasteiger partial charge in [-0.15, -0.1) is 10.2 Å². The Morgan fingerprint density at radius 3 is 2.50 bits per heavy atom. The smallest absolute Gasteiger partial charge is 0.416 e. The summed E-state index contributed by atoms with van der Waals surface area (Å²) in [5, 5.41) is 19.1. The third-order valence-electron chi connectivity index (χ3n) is 6.05. The number of nitrogens with zero attached hydrogens (tertiary/aromatic N) is 5. The summed E-state index contributed by atoms with van der Waals surface area (Å²) in [5.41, 5.74) is 0.948. The van der Waals surface area contributed by atoms with E-state index in [1.165, 1.54) is 0 Å². The van der Waals surface area contributed by atoms with Crippen LogP contribution < -0.4 is 9.80 Å². The average Bonchev–Trinajstić information content (AvgIpc) is 2.67. The summed E-state index contributed by atoms with van der Waals surface area (Å²) in [6.45, 7) is 5.26. The van der Waals surface area contributed by atoms with Gasteiger partial charge in [-0.25, -0.2) is 0 Å². The highest BCUT2D eigenvalue weighted by atomic mass is 19.4. The van der Waals surface area contributed by atoms with Gasteiger partial charge in [0.1, 0.15) is 5.75 Å². The third kappa shape index (κ3) is 3.78. The number of benzene rings is 1. The summed E-state index contributed by atoms with van der Waals surface area (Å²) in [4.78, 5) is 6.69. The van der Waals surface area contributed by atoms with Gasteiger partial charge in [0.2, 0.25) is 0 Å². The zero-order chi connectivity index (χ0) is 21.6. The molecule has 1 atom stereocenters. The number of rotatable bonds is 2. The molecule has 0 aliphatic carbocycles. The highest BCUT2D eigenvalue weighted by Crippen LogP contribution is 2.41. The number of aryl methyl sites for hydroxylation is 1. The first-order chi connectivity index (χ1) is 14.1. The molecule has 0 radical (unpaired) electrons. The van der Waals surface area contributed by atoms with Crippen LogP contribution in [-0.2, 0) is 6.18 Å². The number of anilines is 2. The number of hydrogen-bond donors (Lipinski definition) is 1. The molecule has 1 aromatic carbocycles. The normalized spacial score (nSPS) is 20.4. The molecule has 0 saturated carbocycles. The molecule has 2 aliphatic rings. The van der Waals surface area contributed by atoms with E-state index in [1.807, 2.05) is 13.1 Å². The van der Waals surface area contributed by atoms with Crippen molar-refractivity contribution < 1.29 is 18.3 Å². The zero-order valence-electron chi connectivity index (χ0n) is 17.4. The first kappa shape index (κ1) is 20.7. The maximum absolute atomic E-state index is 13.1. The van der Waals surface area contributed by atoms with Crippen LogP contribution in [0.15, 0.2) is 18.2 Å². The number of likely N-dealkylation sites (tertiary alicyclic amines) is 1. The maximum Gasteiger partial charge on any atom is 0.416 e. The molecule has 30 heavy (non-hydrogen) atoms. The second kappa shape index (κ2) is 7.61. The van der Waals surface area contributed by atoms with Crippen molar-refractivity contribution in [3.63, 3.8) is 0 Å². The maximum atomic E-state index is 13.1. The molecule has 1 aromatic heterocycles. The number of aromatic hydroxyl groups is 1. The van der Waals surface area contributed by atoms with Crippen molar-refractivity contribution in [1.82, 2.24) is 15.1 Å². The van der Waals surface area contributed by atoms with E-state index in [0.717, 1.165) is 62.7 Å². The minimum Gasteiger partial charge on any atom is -0.507 e. The first-order valence-corrected chi connectivity index (χ1v) is 10.1. The summed E-state index contributed by atoms with van der Waals surface area (Å²) < 4.78 is 39.2. The SMILES string of the molecule is Cc1cc(C(F)(F)F)cc(O)c1-c1cc2c(nn1)N([C@H]1CCCN(C)C1)CCN2C. The molecule has 0 unspecified atom stereocenters. The summed E-state index contributed by atoms with van der Waals surface area (Å²) in [6.07, 6.45) is -2.29. The molecule has 6 nitrogen and oxygen atoms in total. The van der Waals surface area contributed by atoms with Gasteiger partial charge in [-0.1, -0.05) is 0 Å². The van der Waals surface area contributed by atoms with Crippen LogP contribution in [0.1, 0.15) is 24.0 Å². The van der Waals surface area contributed by atoms with Gasteiger partial charge in [-0.05, 0) is 57.1 Å². The van der Waals surface area contributed by atoms with Gasteiger partial charge >= 0.3 is 6.18 Å². The van der Waals surface area contributed by atoms with E-state index >= 15 is 0 Å². The zero-order valence-corrected chi connectivity index (χ0v) is 17.4. The molecular formula is C21H26F3N5O. The Morgan fingerprint density at radius 2 is 1.83 bits per heavy atom. The van der Waals surface area contributed by atoms with Gasteiger partial charge in [-0.2, -0.15) is 13.2 Å². The molecule has 2 aromatic rings. The van der Waals surface area contributed by atoms with Crippen LogP contribution in [0.5, 0.6) is 5.75 Å². The van der Waals surface area contributed by atoms with Gasteiger partial charge in [0.15, 0.2) is 5.82 Å². The van der Waals surface area contributed by atoms with E-state index in [0.29, 0.717) is 17.3 Å². The number of piperidine rings is 1. The summed E-state index contributed by atoms with van der Waals surface area (Å²) >= 11 is 0. The monoisotopic (exact) mass is 421 g/mol. The fraction of sp³-hybridized carbons (Fsp3) is 0.524. The van der Waals surface area contributed by atoms with Crippen LogP contribution in [-0.4, -0.2) is 66.5 Å². The molecule has 1 saturated heterocycles. The first-order valence-electron chi connectivity index (χ1n) is 10.1. The van der Waals surface area contributed by atoms with Crippen LogP contribution in [0.3, 0.4) is 0 Å². The van der Waals surface area contributed by atoms with Crippen LogP contribution in [0.4, 0.5) is 24.7 Å². The largest absolute Gasteiger partial charge is 0.507 e. The number of phenolic OH excluding ortho intramolecular Hbond substituents is 1. The minimum absolute atomic E-state index is 0.279. The third-order valence-corrected chi connectivity index (χ3v) is 6.05. The second-order valence-electron chi connectivity index (χ2n) is 8.30. The number of likely N-dealkylation sites (N-methyl/N-ethyl adjacent to an activating group) is 2. The molecule has 1 N–H and O–H groups in total. The molecule has 4 rings (SSSR count). The topological polar surface area (TPSA) is 55.7 Å². The van der Waals surface area contributed by atoms with Crippen molar-refractivity contribution in [3.05, 3.63) is 29.3 Å². The Bertz CT molecular complexity index is 926. The standard InChI is InChI=1S/C21H26F3N5O/c1-13-9-14(21(22,23)24)10-18(30)19(13)16-11-17-20(26-25-16)29(8-7-28(17)3)15-5-4-6-27(2)12-15/h9-11,15,30H,4-8,12H2,1-3H3/t15-/m0/s1. The molecule has 9 heteroatoms. The molecule has 0 bridgehead atoms. The molecule has 162 valence electrons. The van der Waals surface area contributed by atoms with Crippen molar-refractivity contribution in [2.75, 3.05) is 50.1 Å². The van der Waals surface area contributed by atoms with E-state index in [-0.39, 0.29) is 5.56 Å². The number of hydrogen-bond acceptors (Lipinski definition) is 6. The number of aromatic nitrogens is 2. The molecule has 2 aliphatic heterocycles. The predicted molar refractivity (Wildman–Crippen MR) is 110 cm³/mol. The van der Waals surface area contributed by atoms with Gasteiger partial charge in [0.25, 0.3) is 0 Å². The Labute approximate surface area is 173 Å². The van der Waals surface area contributed by atoms with E-state index in [4.69, 9.17) is 0 Å². The van der Waals surface area contributed by atoms with Crippen LogP contribution in [0, 0.1) is 6.92 Å². The fourth-order valence-corrected chi connectivity index (χ4v) is 4.48. The average molecular weight is 421 g/mol. The van der Waals surface area contributed by atoms with Crippen molar-refractivity contribution in [2.45, 2.75) is 32.0 Å². The molecular weight excluding hydrogens is 395 g/mol. The quantitative estimate of drug-likeness (QED) is 0.801. The fourth-order valence-electron chi connectivity index (χ4n) is 4.48. The molecule has 0 spiro atoms. The van der Waals surface area contributed by atoms with E-state index < -0.39 is 17.5 Å². The Hall–Kier alpha value is -2.55. The van der Waals surface area contributed by atoms with E-state index in [1.54, 1.807) is 6.92 Å². The molecule has 1 fully saturated rings. The van der Waals surface area contributed by atoms with Crippen molar-refractivity contribution in [1.29, 1.82) is 0 Å². The molecule has 3 heterocycles. The highest BCUT2D eigenvalue weighted by Gasteiger charge is 2.33. The van der Waals surface area contributed by atoms with Gasteiger partial charge in [0.05, 0.1) is 16.9 Å². The van der Waals surface area contributed by atoms with Crippen LogP contribution >= 0.6 is 0 Å². The number of halogens is 3. The lowest BCUT2D eigenvalue weighted by Gasteiger charge is -2.43. The van der Waals surface area contributed by atoms with Crippen LogP contribution in [0.25, 0.3) is 11.3 Å². The second-order valence-corrected chi connectivity index (χ2v) is 8.30. The number of fused-ring (bicyclic) bond motifs is 1. The lowest BCUT2D eigenvalue weighted by molar-refractivity contribution is -0.137. The van der Waals surface area contributed by atoms with E-state index in [2.05, 4.69) is 31.9 Å². The van der Waals surface area contributed by atoms with Gasteiger partial charge in [-0.3, -0.25) is 0 Å². The van der Waals surface area contributed by atoms with Gasteiger partial charge < -0.3 is 19.8 Å². The lowest BCUT2D eigenvalue weighted by Crippen LogP contribution is -2.51. The number of phenols is 1. The van der Waals surface area contributed by atoms with Crippen molar-refractivity contribution >= 4 is 11.5 Å².